The Labute approximate surface area is 182 Å². The molecule has 0 aliphatic rings. The summed E-state index contributed by atoms with van der Waals surface area (Å²) in [7, 11) is 0. The fourth-order valence-corrected chi connectivity index (χ4v) is 2.80. The highest BCUT2D eigenvalue weighted by Crippen LogP contribution is 2.21. The lowest BCUT2D eigenvalue weighted by Crippen LogP contribution is -2.03. The number of hydrogen-bond acceptors (Lipinski definition) is 3. The van der Waals surface area contributed by atoms with E-state index < -0.39 is 0 Å². The van der Waals surface area contributed by atoms with E-state index in [-0.39, 0.29) is 0 Å². The third-order valence-corrected chi connectivity index (χ3v) is 4.43. The molecule has 1 heterocycles. The number of aryl methyl sites for hydroxylation is 1. The van der Waals surface area contributed by atoms with Gasteiger partial charge in [-0.2, -0.15) is 5.10 Å². The number of benzene rings is 1. The number of unbranched alkanes of at least 4 members (excludes halogenated alkanes) is 2. The van der Waals surface area contributed by atoms with E-state index in [1.54, 1.807) is 12.4 Å². The summed E-state index contributed by atoms with van der Waals surface area (Å²) in [6.07, 6.45) is 6.96. The smallest absolute Gasteiger partial charge is 0.0711 e. The Hall–Kier alpha value is -2.33. The van der Waals surface area contributed by atoms with Gasteiger partial charge in [0.05, 0.1) is 11.9 Å². The summed E-state index contributed by atoms with van der Waals surface area (Å²) in [6, 6.07) is 7.70. The van der Waals surface area contributed by atoms with Gasteiger partial charge in [0.2, 0.25) is 0 Å². The zero-order valence-corrected chi connectivity index (χ0v) is 19.6. The number of nitrogens with zero attached hydrogens (tertiary/aromatic N) is 2. The van der Waals surface area contributed by atoms with Gasteiger partial charge in [0.15, 0.2) is 0 Å². The average molecular weight is 417 g/mol. The molecule has 3 N–H and O–H groups in total. The standard InChI is InChI=1S/C13H22N4.C9H9Cl.C2H6/c1-4-5-6-7-15-11(3)12(8-14)13-10(2)9-16-17-13;1-7(2)8-5-3-4-6-9(8)10;1-2/h8-9H,4-7,14H2,1-3H3,(H,16,17);3-6H,1H2,2H3;1-2H3/b12-8+,15-11?;;. The molecule has 5 heteroatoms. The molecule has 0 aliphatic heterocycles. The fourth-order valence-electron chi connectivity index (χ4n) is 2.50. The van der Waals surface area contributed by atoms with Crippen LogP contribution in [0, 0.1) is 6.92 Å². The molecule has 2 rings (SSSR count). The van der Waals surface area contributed by atoms with Crippen molar-refractivity contribution in [3.8, 4) is 0 Å². The first-order valence-corrected chi connectivity index (χ1v) is 10.6. The predicted octanol–water partition coefficient (Wildman–Crippen LogP) is 7.07. The Kier molecular flexibility index (Phi) is 14.3. The highest BCUT2D eigenvalue weighted by molar-refractivity contribution is 6.32. The fraction of sp³-hybridized carbons (Fsp3) is 0.417. The predicted molar refractivity (Wildman–Crippen MR) is 130 cm³/mol. The van der Waals surface area contributed by atoms with Crippen LogP contribution in [0.1, 0.15) is 70.7 Å². The van der Waals surface area contributed by atoms with Crippen LogP contribution in [0.2, 0.25) is 5.02 Å². The third kappa shape index (κ3) is 9.62. The maximum Gasteiger partial charge on any atom is 0.0711 e. The number of hydrogen-bond donors (Lipinski definition) is 2. The van der Waals surface area contributed by atoms with E-state index in [9.17, 15) is 0 Å². The van der Waals surface area contributed by atoms with Crippen LogP contribution in [-0.2, 0) is 0 Å². The molecule has 0 unspecified atom stereocenters. The molecule has 1 aromatic carbocycles. The molecule has 160 valence electrons. The SMILES string of the molecule is C=C(C)c1ccccc1Cl.CC.CCCCCN=C(C)/C(=C\N)c1[nH]ncc1C. The summed E-state index contributed by atoms with van der Waals surface area (Å²) in [5.41, 5.74) is 11.7. The summed E-state index contributed by atoms with van der Waals surface area (Å²) >= 11 is 5.86. The van der Waals surface area contributed by atoms with Gasteiger partial charge in [0.1, 0.15) is 0 Å². The topological polar surface area (TPSA) is 67.1 Å². The number of rotatable bonds is 7. The van der Waals surface area contributed by atoms with Gasteiger partial charge in [-0.3, -0.25) is 10.1 Å². The summed E-state index contributed by atoms with van der Waals surface area (Å²) in [6.45, 7) is 16.8. The van der Waals surface area contributed by atoms with Crippen LogP contribution >= 0.6 is 11.6 Å². The van der Waals surface area contributed by atoms with Crippen LogP contribution in [0.4, 0.5) is 0 Å². The van der Waals surface area contributed by atoms with Gasteiger partial charge in [0.25, 0.3) is 0 Å². The second-order valence-electron chi connectivity index (χ2n) is 6.44. The number of nitrogens with one attached hydrogen (secondary N) is 1. The normalized spacial score (nSPS) is 11.1. The van der Waals surface area contributed by atoms with Crippen molar-refractivity contribution in [1.29, 1.82) is 0 Å². The lowest BCUT2D eigenvalue weighted by molar-refractivity contribution is 0.728. The molecule has 0 atom stereocenters. The van der Waals surface area contributed by atoms with E-state index in [0.29, 0.717) is 0 Å². The Morgan fingerprint density at radius 3 is 2.34 bits per heavy atom. The van der Waals surface area contributed by atoms with Crippen LogP contribution in [0.5, 0.6) is 0 Å². The Morgan fingerprint density at radius 2 is 1.90 bits per heavy atom. The zero-order valence-electron chi connectivity index (χ0n) is 18.8. The van der Waals surface area contributed by atoms with Crippen LogP contribution in [-0.4, -0.2) is 22.5 Å². The van der Waals surface area contributed by atoms with Crippen molar-refractivity contribution in [2.75, 3.05) is 6.54 Å². The van der Waals surface area contributed by atoms with Crippen molar-refractivity contribution >= 4 is 28.5 Å². The molecule has 0 amide bonds. The molecule has 0 aliphatic carbocycles. The molecule has 0 spiro atoms. The minimum absolute atomic E-state index is 0.773. The van der Waals surface area contributed by atoms with Crippen LogP contribution in [0.15, 0.2) is 48.2 Å². The molecule has 0 saturated carbocycles. The highest BCUT2D eigenvalue weighted by atomic mass is 35.5. The summed E-state index contributed by atoms with van der Waals surface area (Å²) in [5.74, 6) is 0. The first kappa shape index (κ1) is 26.7. The highest BCUT2D eigenvalue weighted by Gasteiger charge is 2.09. The summed E-state index contributed by atoms with van der Waals surface area (Å²) in [4.78, 5) is 4.55. The Bertz CT molecular complexity index is 788. The van der Waals surface area contributed by atoms with Crippen molar-refractivity contribution in [2.24, 2.45) is 10.7 Å². The van der Waals surface area contributed by atoms with E-state index >= 15 is 0 Å². The molecule has 0 saturated heterocycles. The number of aliphatic imine (C=N–C) groups is 1. The van der Waals surface area contributed by atoms with Gasteiger partial charge in [-0.05, 0) is 50.0 Å². The van der Waals surface area contributed by atoms with Gasteiger partial charge in [-0.25, -0.2) is 0 Å². The molecule has 0 fully saturated rings. The van der Waals surface area contributed by atoms with Crippen LogP contribution < -0.4 is 5.73 Å². The van der Waals surface area contributed by atoms with E-state index in [2.05, 4.69) is 28.7 Å². The number of H-pyrrole nitrogens is 1. The number of halogens is 1. The lowest BCUT2D eigenvalue weighted by atomic mass is 10.1. The zero-order chi connectivity index (χ0) is 22.2. The monoisotopic (exact) mass is 416 g/mol. The van der Waals surface area contributed by atoms with Crippen molar-refractivity contribution in [3.63, 3.8) is 0 Å². The van der Waals surface area contributed by atoms with Crippen LogP contribution in [0.3, 0.4) is 0 Å². The first-order valence-electron chi connectivity index (χ1n) is 10.3. The Morgan fingerprint density at radius 1 is 1.24 bits per heavy atom. The molecule has 2 aromatic rings. The van der Waals surface area contributed by atoms with Gasteiger partial charge < -0.3 is 5.73 Å². The molecule has 1 aromatic heterocycles. The average Bonchev–Trinajstić information content (AvgIpc) is 3.14. The lowest BCUT2D eigenvalue weighted by Gasteiger charge is -2.05. The number of allylic oxidation sites excluding steroid dienone is 2. The maximum atomic E-state index is 5.86. The molecular formula is C24H37ClN4. The molecule has 0 bridgehead atoms. The van der Waals surface area contributed by atoms with Crippen molar-refractivity contribution in [2.45, 2.75) is 60.8 Å². The van der Waals surface area contributed by atoms with Gasteiger partial charge in [0, 0.05) is 29.1 Å². The molecular weight excluding hydrogens is 380 g/mol. The Balaban J connectivity index is 0.000000554. The maximum absolute atomic E-state index is 5.86. The van der Waals surface area contributed by atoms with E-state index in [1.807, 2.05) is 58.9 Å². The number of aromatic nitrogens is 2. The molecule has 4 nitrogen and oxygen atoms in total. The molecule has 29 heavy (non-hydrogen) atoms. The first-order chi connectivity index (χ1) is 13.9. The second kappa shape index (κ2) is 15.6. The van der Waals surface area contributed by atoms with Crippen LogP contribution in [0.25, 0.3) is 11.1 Å². The number of nitrogens with two attached hydrogens (primary N) is 1. The van der Waals surface area contributed by atoms with E-state index in [0.717, 1.165) is 51.7 Å². The second-order valence-corrected chi connectivity index (χ2v) is 6.85. The van der Waals surface area contributed by atoms with Gasteiger partial charge in [-0.1, -0.05) is 70.0 Å². The molecule has 0 radical (unpaired) electrons. The minimum Gasteiger partial charge on any atom is -0.404 e. The van der Waals surface area contributed by atoms with Crippen molar-refractivity contribution in [1.82, 2.24) is 10.2 Å². The third-order valence-electron chi connectivity index (χ3n) is 4.10. The quantitative estimate of drug-likeness (QED) is 0.374. The van der Waals surface area contributed by atoms with Crippen molar-refractivity contribution < 1.29 is 0 Å². The van der Waals surface area contributed by atoms with Gasteiger partial charge in [-0.15, -0.1) is 0 Å². The number of aromatic amines is 1. The summed E-state index contributed by atoms with van der Waals surface area (Å²) in [5, 5.41) is 7.74. The minimum atomic E-state index is 0.773. The van der Waals surface area contributed by atoms with Crippen molar-refractivity contribution in [3.05, 3.63) is 65.1 Å². The summed E-state index contributed by atoms with van der Waals surface area (Å²) < 4.78 is 0. The van der Waals surface area contributed by atoms with Gasteiger partial charge >= 0.3 is 0 Å². The largest absolute Gasteiger partial charge is 0.404 e. The van der Waals surface area contributed by atoms with E-state index in [4.69, 9.17) is 17.3 Å². The van der Waals surface area contributed by atoms with E-state index in [1.165, 1.54) is 12.8 Å².